The van der Waals surface area contributed by atoms with Gasteiger partial charge in [-0.3, -0.25) is 9.69 Å². The maximum Gasteiger partial charge on any atom is 0.234 e. The third-order valence-corrected chi connectivity index (χ3v) is 4.46. The quantitative estimate of drug-likeness (QED) is 0.768. The molecule has 1 aliphatic heterocycles. The van der Waals surface area contributed by atoms with Crippen LogP contribution in [0.1, 0.15) is 26.7 Å². The molecule has 1 fully saturated rings. The van der Waals surface area contributed by atoms with Crippen molar-refractivity contribution >= 4 is 17.7 Å². The fraction of sp³-hybridized carbons (Fsp3) is 0.900. The Morgan fingerprint density at radius 1 is 1.57 bits per heavy atom. The highest BCUT2D eigenvalue weighted by molar-refractivity contribution is 7.99. The molecule has 0 bridgehead atoms. The Morgan fingerprint density at radius 3 is 2.64 bits per heavy atom. The van der Waals surface area contributed by atoms with E-state index in [9.17, 15) is 4.79 Å². The van der Waals surface area contributed by atoms with Crippen LogP contribution in [0.2, 0.25) is 0 Å². The normalized spacial score (nSPS) is 30.3. The summed E-state index contributed by atoms with van der Waals surface area (Å²) in [4.78, 5) is 13.1. The second-order valence-corrected chi connectivity index (χ2v) is 5.59. The maximum atomic E-state index is 11.0. The summed E-state index contributed by atoms with van der Waals surface area (Å²) in [6, 6.07) is 0.368. The van der Waals surface area contributed by atoms with Crippen LogP contribution in [-0.2, 0) is 4.79 Å². The van der Waals surface area contributed by atoms with Crippen LogP contribution in [0.15, 0.2) is 0 Å². The summed E-state index contributed by atoms with van der Waals surface area (Å²) in [6.07, 6.45) is 2.42. The lowest BCUT2D eigenvalue weighted by atomic mass is 10.1. The average molecular weight is 216 g/mol. The lowest BCUT2D eigenvalue weighted by Gasteiger charge is -2.35. The second kappa shape index (κ2) is 5.03. The van der Waals surface area contributed by atoms with Gasteiger partial charge in [-0.15, -0.1) is 0 Å². The highest BCUT2D eigenvalue weighted by Gasteiger charge is 2.26. The number of thioether (sulfide) groups is 1. The molecule has 3 unspecified atom stereocenters. The Balaban J connectivity index is 2.45. The van der Waals surface area contributed by atoms with Crippen molar-refractivity contribution in [2.24, 2.45) is 5.73 Å². The van der Waals surface area contributed by atoms with Crippen molar-refractivity contribution in [3.05, 3.63) is 0 Å². The molecule has 0 radical (unpaired) electrons. The number of carbonyl (C=O) groups is 1. The Bertz CT molecular complexity index is 202. The third-order valence-electron chi connectivity index (χ3n) is 3.08. The van der Waals surface area contributed by atoms with Gasteiger partial charge in [0.2, 0.25) is 5.91 Å². The van der Waals surface area contributed by atoms with Crippen LogP contribution in [0.4, 0.5) is 0 Å². The Hall–Kier alpha value is -0.220. The van der Waals surface area contributed by atoms with Crippen LogP contribution in [0.25, 0.3) is 0 Å². The van der Waals surface area contributed by atoms with Crippen molar-refractivity contribution in [1.29, 1.82) is 0 Å². The molecule has 2 N–H and O–H groups in total. The summed E-state index contributed by atoms with van der Waals surface area (Å²) in [5.41, 5.74) is 5.28. The average Bonchev–Trinajstić information content (AvgIpc) is 2.16. The Kier molecular flexibility index (Phi) is 4.26. The molecule has 1 amide bonds. The van der Waals surface area contributed by atoms with Crippen LogP contribution in [0, 0.1) is 0 Å². The van der Waals surface area contributed by atoms with E-state index < -0.39 is 0 Å². The monoisotopic (exact) mass is 216 g/mol. The van der Waals surface area contributed by atoms with Gasteiger partial charge in [-0.05, 0) is 26.8 Å². The molecule has 0 aliphatic carbocycles. The topological polar surface area (TPSA) is 46.3 Å². The number of nitrogens with zero attached hydrogens (tertiary/aromatic N) is 1. The Morgan fingerprint density at radius 2 is 2.21 bits per heavy atom. The van der Waals surface area contributed by atoms with Crippen LogP contribution in [-0.4, -0.2) is 40.9 Å². The first-order valence-corrected chi connectivity index (χ1v) is 6.20. The first-order valence-electron chi connectivity index (χ1n) is 5.15. The van der Waals surface area contributed by atoms with Crippen LogP contribution < -0.4 is 5.73 Å². The van der Waals surface area contributed by atoms with Gasteiger partial charge < -0.3 is 5.73 Å². The minimum Gasteiger partial charge on any atom is -0.368 e. The van der Waals surface area contributed by atoms with E-state index in [0.717, 1.165) is 11.0 Å². The molecule has 82 valence electrons. The molecule has 0 saturated carbocycles. The highest BCUT2D eigenvalue weighted by Crippen LogP contribution is 2.27. The van der Waals surface area contributed by atoms with Gasteiger partial charge in [-0.2, -0.15) is 11.8 Å². The lowest BCUT2D eigenvalue weighted by Crippen LogP contribution is -2.48. The number of hydrogen-bond acceptors (Lipinski definition) is 3. The van der Waals surface area contributed by atoms with Gasteiger partial charge in [0.1, 0.15) is 0 Å². The van der Waals surface area contributed by atoms with E-state index in [2.05, 4.69) is 11.8 Å². The van der Waals surface area contributed by atoms with E-state index in [1.165, 1.54) is 12.8 Å². The summed E-state index contributed by atoms with van der Waals surface area (Å²) in [6.45, 7) is 4.14. The van der Waals surface area contributed by atoms with Crippen molar-refractivity contribution in [3.8, 4) is 0 Å². The molecule has 1 aliphatic rings. The van der Waals surface area contributed by atoms with E-state index in [1.807, 2.05) is 25.7 Å². The number of primary amides is 1. The largest absolute Gasteiger partial charge is 0.368 e. The minimum atomic E-state index is -0.226. The number of rotatable bonds is 3. The first kappa shape index (κ1) is 11.9. The molecule has 3 nitrogen and oxygen atoms in total. The molecule has 0 aromatic rings. The van der Waals surface area contributed by atoms with Gasteiger partial charge in [0.15, 0.2) is 0 Å². The van der Waals surface area contributed by atoms with Crippen LogP contribution in [0.5, 0.6) is 0 Å². The van der Waals surface area contributed by atoms with E-state index in [-0.39, 0.29) is 11.9 Å². The third kappa shape index (κ3) is 2.89. The van der Waals surface area contributed by atoms with Crippen molar-refractivity contribution in [1.82, 2.24) is 4.90 Å². The number of amides is 1. The smallest absolute Gasteiger partial charge is 0.234 e. The molecule has 0 aromatic carbocycles. The van der Waals surface area contributed by atoms with Crippen molar-refractivity contribution in [2.45, 2.75) is 44.0 Å². The Labute approximate surface area is 90.4 Å². The van der Waals surface area contributed by atoms with E-state index in [1.54, 1.807) is 0 Å². The summed E-state index contributed by atoms with van der Waals surface area (Å²) in [7, 11) is 2.00. The predicted molar refractivity (Wildman–Crippen MR) is 61.4 cm³/mol. The van der Waals surface area contributed by atoms with Crippen molar-refractivity contribution in [2.75, 3.05) is 12.8 Å². The molecule has 0 spiro atoms. The zero-order valence-electron chi connectivity index (χ0n) is 9.19. The SMILES string of the molecule is CC1CCC(N(C)C(C)C(N)=O)CS1. The van der Waals surface area contributed by atoms with Gasteiger partial charge in [-0.25, -0.2) is 0 Å². The van der Waals surface area contributed by atoms with E-state index in [4.69, 9.17) is 5.73 Å². The molecule has 1 heterocycles. The van der Waals surface area contributed by atoms with Crippen molar-refractivity contribution in [3.63, 3.8) is 0 Å². The van der Waals surface area contributed by atoms with Gasteiger partial charge in [0, 0.05) is 17.0 Å². The zero-order valence-corrected chi connectivity index (χ0v) is 10.0. The molecule has 1 saturated heterocycles. The lowest BCUT2D eigenvalue weighted by molar-refractivity contribution is -0.122. The summed E-state index contributed by atoms with van der Waals surface area (Å²) in [5, 5.41) is 0.767. The van der Waals surface area contributed by atoms with Crippen LogP contribution in [0.3, 0.4) is 0 Å². The number of hydrogen-bond donors (Lipinski definition) is 1. The zero-order chi connectivity index (χ0) is 10.7. The summed E-state index contributed by atoms with van der Waals surface area (Å²) in [5.74, 6) is 0.895. The predicted octanol–water partition coefficient (Wildman–Crippen LogP) is 1.08. The van der Waals surface area contributed by atoms with E-state index >= 15 is 0 Å². The minimum absolute atomic E-state index is 0.144. The first-order chi connectivity index (χ1) is 6.52. The standard InChI is InChI=1S/C10H20N2OS/c1-7-4-5-9(6-14-7)12(3)8(2)10(11)13/h7-9H,4-6H2,1-3H3,(H2,11,13). The molecule has 4 heteroatoms. The summed E-state index contributed by atoms with van der Waals surface area (Å²) < 4.78 is 0. The van der Waals surface area contributed by atoms with Gasteiger partial charge in [0.05, 0.1) is 6.04 Å². The molecule has 0 aromatic heterocycles. The fourth-order valence-corrected chi connectivity index (χ4v) is 2.96. The number of nitrogens with two attached hydrogens (primary N) is 1. The van der Waals surface area contributed by atoms with Gasteiger partial charge in [0.25, 0.3) is 0 Å². The maximum absolute atomic E-state index is 11.0. The number of likely N-dealkylation sites (N-methyl/N-ethyl adjacent to an activating group) is 1. The van der Waals surface area contributed by atoms with Gasteiger partial charge in [-0.1, -0.05) is 6.92 Å². The second-order valence-electron chi connectivity index (χ2n) is 4.12. The summed E-state index contributed by atoms with van der Waals surface area (Å²) >= 11 is 1.99. The molecule has 14 heavy (non-hydrogen) atoms. The molecular weight excluding hydrogens is 196 g/mol. The molecular formula is C10H20N2OS. The van der Waals surface area contributed by atoms with Gasteiger partial charge >= 0.3 is 0 Å². The molecule has 3 atom stereocenters. The number of carbonyl (C=O) groups excluding carboxylic acids is 1. The fourth-order valence-electron chi connectivity index (χ4n) is 1.71. The van der Waals surface area contributed by atoms with E-state index in [0.29, 0.717) is 6.04 Å². The molecule has 1 rings (SSSR count). The highest BCUT2D eigenvalue weighted by atomic mass is 32.2. The van der Waals surface area contributed by atoms with Crippen LogP contribution >= 0.6 is 11.8 Å². The van der Waals surface area contributed by atoms with Crippen molar-refractivity contribution < 1.29 is 4.79 Å².